The minimum atomic E-state index is -0.770. The minimum absolute atomic E-state index is 0.133. The smallest absolute Gasteiger partial charge is 0.246 e. The summed E-state index contributed by atoms with van der Waals surface area (Å²) in [6.07, 6.45) is 4.57. The Hall–Kier alpha value is -3.09. The van der Waals surface area contributed by atoms with Gasteiger partial charge in [-0.1, -0.05) is 23.4 Å². The number of amides is 1. The average molecular weight is 352 g/mol. The van der Waals surface area contributed by atoms with Crippen LogP contribution in [0.5, 0.6) is 0 Å². The third kappa shape index (κ3) is 2.85. The van der Waals surface area contributed by atoms with Crippen molar-refractivity contribution in [2.75, 3.05) is 7.05 Å². The number of hydrogen-bond acceptors (Lipinski definition) is 5. The molecule has 0 atom stereocenters. The third-order valence-corrected chi connectivity index (χ3v) is 4.67. The zero-order valence-electron chi connectivity index (χ0n) is 14.2. The highest BCUT2D eigenvalue weighted by atomic mass is 19.1. The molecule has 1 aliphatic rings. The van der Waals surface area contributed by atoms with Crippen molar-refractivity contribution in [2.45, 2.75) is 24.8 Å². The number of carbonyl (C=O) groups is 1. The lowest BCUT2D eigenvalue weighted by Gasteiger charge is -2.22. The Morgan fingerprint density at radius 1 is 1.23 bits per heavy atom. The predicted molar refractivity (Wildman–Crippen MR) is 91.3 cm³/mol. The van der Waals surface area contributed by atoms with Gasteiger partial charge < -0.3 is 9.42 Å². The molecule has 7 heteroatoms. The van der Waals surface area contributed by atoms with Gasteiger partial charge in [-0.25, -0.2) is 4.39 Å². The summed E-state index contributed by atoms with van der Waals surface area (Å²) in [5, 5.41) is 3.94. The van der Waals surface area contributed by atoms with Crippen molar-refractivity contribution in [1.82, 2.24) is 20.0 Å². The molecule has 2 heterocycles. The minimum Gasteiger partial charge on any atom is -0.337 e. The van der Waals surface area contributed by atoms with Crippen molar-refractivity contribution < 1.29 is 13.7 Å². The molecular weight excluding hydrogens is 335 g/mol. The molecule has 0 unspecified atom stereocenters. The van der Waals surface area contributed by atoms with E-state index in [1.165, 1.54) is 11.0 Å². The number of halogens is 1. The lowest BCUT2D eigenvalue weighted by atomic mass is 9.94. The summed E-state index contributed by atoms with van der Waals surface area (Å²) in [6.45, 7) is 0.174. The Balaban J connectivity index is 1.50. The van der Waals surface area contributed by atoms with Gasteiger partial charge in [-0.05, 0) is 31.0 Å². The SMILES string of the molecule is CN(Cc1nc(-c2ccncc2)no1)C(=O)C1(c2ccccc2F)CC1. The van der Waals surface area contributed by atoms with Gasteiger partial charge in [0.05, 0.1) is 12.0 Å². The van der Waals surface area contributed by atoms with E-state index in [4.69, 9.17) is 4.52 Å². The van der Waals surface area contributed by atoms with Crippen molar-refractivity contribution in [3.8, 4) is 11.4 Å². The van der Waals surface area contributed by atoms with Crippen LogP contribution in [0.1, 0.15) is 24.3 Å². The van der Waals surface area contributed by atoms with E-state index in [-0.39, 0.29) is 18.3 Å². The molecule has 1 aliphatic carbocycles. The van der Waals surface area contributed by atoms with Crippen molar-refractivity contribution in [2.24, 2.45) is 0 Å². The van der Waals surface area contributed by atoms with Gasteiger partial charge in [0.1, 0.15) is 5.82 Å². The second kappa shape index (κ2) is 6.33. The maximum atomic E-state index is 14.2. The first-order chi connectivity index (χ1) is 12.6. The molecule has 0 saturated heterocycles. The molecule has 3 aromatic rings. The maximum Gasteiger partial charge on any atom is 0.246 e. The second-order valence-electron chi connectivity index (χ2n) is 6.47. The van der Waals surface area contributed by atoms with E-state index < -0.39 is 5.41 Å². The van der Waals surface area contributed by atoms with Crippen LogP contribution < -0.4 is 0 Å². The molecule has 1 saturated carbocycles. The molecule has 0 N–H and O–H groups in total. The zero-order chi connectivity index (χ0) is 18.1. The van der Waals surface area contributed by atoms with Gasteiger partial charge in [-0.15, -0.1) is 0 Å². The maximum absolute atomic E-state index is 14.2. The number of nitrogens with zero attached hydrogens (tertiary/aromatic N) is 4. The summed E-state index contributed by atoms with van der Waals surface area (Å²) < 4.78 is 19.4. The Kier molecular flexibility index (Phi) is 3.99. The molecule has 1 aromatic carbocycles. The number of likely N-dealkylation sites (N-methyl/N-ethyl adjacent to an activating group) is 1. The molecular formula is C19H17FN4O2. The van der Waals surface area contributed by atoms with Crippen LogP contribution >= 0.6 is 0 Å². The number of carbonyl (C=O) groups excluding carboxylic acids is 1. The van der Waals surface area contributed by atoms with Crippen LogP contribution in [0, 0.1) is 5.82 Å². The number of rotatable bonds is 5. The molecule has 0 bridgehead atoms. The van der Waals surface area contributed by atoms with Crippen LogP contribution in [0.15, 0.2) is 53.3 Å². The number of pyridine rings is 1. The van der Waals surface area contributed by atoms with Gasteiger partial charge in [0.2, 0.25) is 17.6 Å². The predicted octanol–water partition coefficient (Wildman–Crippen LogP) is 2.96. The molecule has 132 valence electrons. The number of hydrogen-bond donors (Lipinski definition) is 0. The van der Waals surface area contributed by atoms with E-state index >= 15 is 0 Å². The summed E-state index contributed by atoms with van der Waals surface area (Å²) >= 11 is 0. The van der Waals surface area contributed by atoms with E-state index in [2.05, 4.69) is 15.1 Å². The van der Waals surface area contributed by atoms with E-state index in [0.29, 0.717) is 30.1 Å². The Morgan fingerprint density at radius 2 is 1.96 bits per heavy atom. The van der Waals surface area contributed by atoms with Gasteiger partial charge in [-0.3, -0.25) is 9.78 Å². The van der Waals surface area contributed by atoms with Crippen LogP contribution in [0.25, 0.3) is 11.4 Å². The van der Waals surface area contributed by atoms with E-state index in [1.807, 2.05) is 0 Å². The van der Waals surface area contributed by atoms with Crippen molar-refractivity contribution >= 4 is 5.91 Å². The molecule has 0 spiro atoms. The van der Waals surface area contributed by atoms with Gasteiger partial charge in [-0.2, -0.15) is 4.98 Å². The molecule has 6 nitrogen and oxygen atoms in total. The first kappa shape index (κ1) is 16.4. The zero-order valence-corrected chi connectivity index (χ0v) is 14.2. The lowest BCUT2D eigenvalue weighted by Crippen LogP contribution is -2.36. The standard InChI is InChI=1S/C19H17FN4O2/c1-24(12-16-22-17(23-26-16)13-6-10-21-11-7-13)18(25)19(8-9-19)14-4-2-3-5-15(14)20/h2-7,10-11H,8-9,12H2,1H3. The second-order valence-corrected chi connectivity index (χ2v) is 6.47. The molecule has 2 aromatic heterocycles. The largest absolute Gasteiger partial charge is 0.337 e. The number of benzene rings is 1. The van der Waals surface area contributed by atoms with Gasteiger partial charge in [0, 0.05) is 30.6 Å². The van der Waals surface area contributed by atoms with Gasteiger partial charge >= 0.3 is 0 Å². The lowest BCUT2D eigenvalue weighted by molar-refractivity contribution is -0.133. The first-order valence-corrected chi connectivity index (χ1v) is 8.34. The molecule has 0 aliphatic heterocycles. The van der Waals surface area contributed by atoms with Crippen LogP contribution in [-0.4, -0.2) is 33.0 Å². The topological polar surface area (TPSA) is 72.1 Å². The van der Waals surface area contributed by atoms with E-state index in [1.54, 1.807) is 49.8 Å². The summed E-state index contributed by atoms with van der Waals surface area (Å²) in [5.41, 5.74) is 0.475. The Bertz CT molecular complexity index is 937. The summed E-state index contributed by atoms with van der Waals surface area (Å²) in [7, 11) is 1.67. The normalized spacial score (nSPS) is 14.8. The van der Waals surface area contributed by atoms with Crippen molar-refractivity contribution in [1.29, 1.82) is 0 Å². The van der Waals surface area contributed by atoms with Gasteiger partial charge in [0.15, 0.2) is 0 Å². The fraction of sp³-hybridized carbons (Fsp3) is 0.263. The van der Waals surface area contributed by atoms with Crippen molar-refractivity contribution in [3.05, 3.63) is 66.1 Å². The quantitative estimate of drug-likeness (QED) is 0.706. The highest BCUT2D eigenvalue weighted by Gasteiger charge is 2.53. The fourth-order valence-electron chi connectivity index (χ4n) is 3.15. The van der Waals surface area contributed by atoms with E-state index in [0.717, 1.165) is 5.56 Å². The summed E-state index contributed by atoms with van der Waals surface area (Å²) in [6, 6.07) is 10.0. The van der Waals surface area contributed by atoms with Crippen LogP contribution in [0.4, 0.5) is 4.39 Å². The monoisotopic (exact) mass is 352 g/mol. The highest BCUT2D eigenvalue weighted by molar-refractivity contribution is 5.91. The Labute approximate surface area is 149 Å². The van der Waals surface area contributed by atoms with Crippen molar-refractivity contribution in [3.63, 3.8) is 0 Å². The third-order valence-electron chi connectivity index (χ3n) is 4.67. The molecule has 4 rings (SSSR count). The van der Waals surface area contributed by atoms with E-state index in [9.17, 15) is 9.18 Å². The van der Waals surface area contributed by atoms with Crippen LogP contribution in [-0.2, 0) is 16.8 Å². The molecule has 26 heavy (non-hydrogen) atoms. The fourth-order valence-corrected chi connectivity index (χ4v) is 3.15. The number of aromatic nitrogens is 3. The van der Waals surface area contributed by atoms with Crippen LogP contribution in [0.2, 0.25) is 0 Å². The van der Waals surface area contributed by atoms with Crippen LogP contribution in [0.3, 0.4) is 0 Å². The first-order valence-electron chi connectivity index (χ1n) is 8.34. The highest BCUT2D eigenvalue weighted by Crippen LogP contribution is 2.50. The molecule has 1 amide bonds. The molecule has 1 fully saturated rings. The summed E-state index contributed by atoms with van der Waals surface area (Å²) in [5.74, 6) is 0.297. The Morgan fingerprint density at radius 3 is 2.65 bits per heavy atom. The average Bonchev–Trinajstić information content (AvgIpc) is 3.34. The molecule has 0 radical (unpaired) electrons. The summed E-state index contributed by atoms with van der Waals surface area (Å²) in [4.78, 5) is 22.7. The van der Waals surface area contributed by atoms with Gasteiger partial charge in [0.25, 0.3) is 0 Å².